The molecule has 0 saturated carbocycles. The van der Waals surface area contributed by atoms with E-state index < -0.39 is 17.8 Å². The van der Waals surface area contributed by atoms with Crippen molar-refractivity contribution in [3.63, 3.8) is 0 Å². The van der Waals surface area contributed by atoms with Gasteiger partial charge in [-0.1, -0.05) is 48.8 Å². The first-order valence-corrected chi connectivity index (χ1v) is 12.6. The molecule has 9 heteroatoms. The molecule has 38 heavy (non-hydrogen) atoms. The third-order valence-corrected chi connectivity index (χ3v) is 5.97. The van der Waals surface area contributed by atoms with Crippen molar-refractivity contribution < 1.29 is 28.8 Å². The fourth-order valence-electron chi connectivity index (χ4n) is 4.01. The number of amides is 4. The Hall–Kier alpha value is -4.45. The van der Waals surface area contributed by atoms with E-state index in [1.165, 1.54) is 0 Å². The highest BCUT2D eigenvalue weighted by atomic mass is 16.7. The Morgan fingerprint density at radius 1 is 1.05 bits per heavy atom. The number of hydrogen-bond acceptors (Lipinski definition) is 6. The second-order valence-electron chi connectivity index (χ2n) is 8.74. The van der Waals surface area contributed by atoms with Crippen molar-refractivity contribution in [1.29, 1.82) is 0 Å². The van der Waals surface area contributed by atoms with E-state index in [0.717, 1.165) is 22.4 Å². The average molecular weight is 518 g/mol. The van der Waals surface area contributed by atoms with E-state index >= 15 is 0 Å². The number of anilines is 1. The van der Waals surface area contributed by atoms with Crippen LogP contribution in [0.5, 0.6) is 0 Å². The number of nitrogens with zero attached hydrogens (tertiary/aromatic N) is 2. The molecule has 2 heterocycles. The molecule has 9 nitrogen and oxygen atoms in total. The second-order valence-corrected chi connectivity index (χ2v) is 8.74. The molecule has 0 spiro atoms. The molecule has 3 rings (SSSR count). The van der Waals surface area contributed by atoms with Gasteiger partial charge in [0.15, 0.2) is 0 Å². The van der Waals surface area contributed by atoms with Crippen molar-refractivity contribution in [2.24, 2.45) is 0 Å². The van der Waals surface area contributed by atoms with Crippen LogP contribution in [0.2, 0.25) is 0 Å². The number of allylic oxidation sites excluding steroid dienone is 3. The van der Waals surface area contributed by atoms with Crippen molar-refractivity contribution in [3.8, 4) is 11.8 Å². The van der Waals surface area contributed by atoms with E-state index in [9.17, 15) is 24.0 Å². The predicted octanol–water partition coefficient (Wildman–Crippen LogP) is 3.12. The Morgan fingerprint density at radius 2 is 1.76 bits per heavy atom. The molecule has 1 fully saturated rings. The third kappa shape index (κ3) is 7.53. The third-order valence-electron chi connectivity index (χ3n) is 5.97. The minimum atomic E-state index is -0.774. The number of nitrogens with one attached hydrogen (secondary N) is 1. The van der Waals surface area contributed by atoms with Gasteiger partial charge in [0.25, 0.3) is 11.8 Å². The van der Waals surface area contributed by atoms with Gasteiger partial charge in [-0.05, 0) is 37.5 Å². The van der Waals surface area contributed by atoms with Crippen LogP contribution in [0.25, 0.3) is 0 Å². The molecule has 0 bridgehead atoms. The van der Waals surface area contributed by atoms with Crippen molar-refractivity contribution in [2.75, 3.05) is 18.0 Å². The van der Waals surface area contributed by atoms with Gasteiger partial charge in [0, 0.05) is 43.4 Å². The number of imide groups is 1. The first-order chi connectivity index (χ1) is 18.3. The van der Waals surface area contributed by atoms with E-state index in [4.69, 9.17) is 4.84 Å². The van der Waals surface area contributed by atoms with Gasteiger partial charge in [-0.25, -0.2) is 4.79 Å². The summed E-state index contributed by atoms with van der Waals surface area (Å²) in [6.07, 6.45) is 6.85. The van der Waals surface area contributed by atoms with Crippen molar-refractivity contribution >= 4 is 35.3 Å². The summed E-state index contributed by atoms with van der Waals surface area (Å²) in [5, 5.41) is 3.09. The Labute approximate surface area is 222 Å². The SMILES string of the molecule is C=C/C1=C(\C=C/C)CN(C(=O)CCCCC(=O)NCCC(=O)ON2C(=O)CCC2=O)c2ccccc2C#C1. The molecule has 1 aromatic rings. The quantitative estimate of drug-likeness (QED) is 0.274. The molecule has 2 aliphatic rings. The Bertz CT molecular complexity index is 1230. The Kier molecular flexibility index (Phi) is 10.2. The van der Waals surface area contributed by atoms with Crippen molar-refractivity contribution in [2.45, 2.75) is 51.9 Å². The summed E-state index contributed by atoms with van der Waals surface area (Å²) in [6, 6.07) is 7.51. The smallest absolute Gasteiger partial charge is 0.334 e. The van der Waals surface area contributed by atoms with Crippen LogP contribution >= 0.6 is 0 Å². The van der Waals surface area contributed by atoms with Crippen molar-refractivity contribution in [1.82, 2.24) is 10.4 Å². The molecule has 0 aliphatic carbocycles. The minimum absolute atomic E-state index is 0.0180. The average Bonchev–Trinajstić information content (AvgIpc) is 3.21. The number of para-hydroxylation sites is 1. The number of hydroxylamine groups is 2. The largest absolute Gasteiger partial charge is 0.356 e. The molecule has 4 amide bonds. The number of carbonyl (C=O) groups excluding carboxylic acids is 5. The molecular weight excluding hydrogens is 486 g/mol. The van der Waals surface area contributed by atoms with Crippen LogP contribution in [0.1, 0.15) is 57.4 Å². The lowest BCUT2D eigenvalue weighted by Gasteiger charge is -2.26. The van der Waals surface area contributed by atoms with Crippen molar-refractivity contribution in [3.05, 3.63) is 65.8 Å². The highest BCUT2D eigenvalue weighted by Crippen LogP contribution is 2.25. The van der Waals surface area contributed by atoms with Crippen LogP contribution in [-0.4, -0.2) is 47.8 Å². The molecule has 0 aromatic heterocycles. The molecule has 1 saturated heterocycles. The number of unbranched alkanes of at least 4 members (excludes halogenated alkanes) is 1. The molecule has 1 aromatic carbocycles. The predicted molar refractivity (Wildman–Crippen MR) is 141 cm³/mol. The zero-order valence-electron chi connectivity index (χ0n) is 21.5. The topological polar surface area (TPSA) is 113 Å². The number of benzene rings is 1. The first-order valence-electron chi connectivity index (χ1n) is 12.6. The Balaban J connectivity index is 1.46. The number of hydrogen-bond donors (Lipinski definition) is 1. The molecular formula is C29H31N3O6. The molecule has 1 N–H and O–H groups in total. The number of carbonyl (C=O) groups is 5. The summed E-state index contributed by atoms with van der Waals surface area (Å²) in [5.74, 6) is 4.08. The second kappa shape index (κ2) is 13.7. The molecule has 0 radical (unpaired) electrons. The van der Waals surface area contributed by atoms with E-state index in [-0.39, 0.29) is 50.5 Å². The number of rotatable bonds is 11. The van der Waals surface area contributed by atoms with Crippen LogP contribution in [0, 0.1) is 11.8 Å². The van der Waals surface area contributed by atoms with Gasteiger partial charge in [0.1, 0.15) is 0 Å². The molecule has 0 atom stereocenters. The van der Waals surface area contributed by atoms with Gasteiger partial charge in [-0.2, -0.15) is 0 Å². The van der Waals surface area contributed by atoms with Gasteiger partial charge in [0.2, 0.25) is 11.8 Å². The highest BCUT2D eigenvalue weighted by Gasteiger charge is 2.32. The minimum Gasteiger partial charge on any atom is -0.356 e. The van der Waals surface area contributed by atoms with Gasteiger partial charge in [0.05, 0.1) is 18.7 Å². The summed E-state index contributed by atoms with van der Waals surface area (Å²) in [7, 11) is 0. The summed E-state index contributed by atoms with van der Waals surface area (Å²) >= 11 is 0. The highest BCUT2D eigenvalue weighted by molar-refractivity contribution is 6.01. The fourth-order valence-corrected chi connectivity index (χ4v) is 4.01. The lowest BCUT2D eigenvalue weighted by Crippen LogP contribution is -2.34. The van der Waals surface area contributed by atoms with Crippen LogP contribution in [0.15, 0.2) is 60.2 Å². The summed E-state index contributed by atoms with van der Waals surface area (Å²) in [6.45, 7) is 6.15. The molecule has 0 unspecified atom stereocenters. The lowest BCUT2D eigenvalue weighted by molar-refractivity contribution is -0.197. The number of fused-ring (bicyclic) bond motifs is 1. The standard InChI is InChI=1S/C29H31N3O6/c1-3-9-23-20-31(24-11-6-5-10-22(24)15-14-21(23)4-2)26(34)13-8-7-12-25(33)30-19-18-29(37)38-32-27(35)16-17-28(32)36/h3-6,9-11H,2,7-8,12-13,16-20H2,1H3,(H,30,33)/b9-3-,23-21-. The zero-order valence-corrected chi connectivity index (χ0v) is 21.5. The summed E-state index contributed by atoms with van der Waals surface area (Å²) in [5.41, 5.74) is 3.18. The lowest BCUT2D eigenvalue weighted by atomic mass is 10.0. The van der Waals surface area contributed by atoms with Crippen LogP contribution in [-0.2, 0) is 28.8 Å². The van der Waals surface area contributed by atoms with E-state index in [2.05, 4.69) is 23.7 Å². The molecule has 198 valence electrons. The zero-order chi connectivity index (χ0) is 27.5. The fraction of sp³-hybridized carbons (Fsp3) is 0.345. The summed E-state index contributed by atoms with van der Waals surface area (Å²) in [4.78, 5) is 66.6. The maximum Gasteiger partial charge on any atom is 0.334 e. The maximum atomic E-state index is 13.3. The maximum absolute atomic E-state index is 13.3. The van der Waals surface area contributed by atoms with Crippen LogP contribution in [0.4, 0.5) is 5.69 Å². The Morgan fingerprint density at radius 3 is 2.47 bits per heavy atom. The van der Waals surface area contributed by atoms with Gasteiger partial charge >= 0.3 is 5.97 Å². The van der Waals surface area contributed by atoms with E-state index in [0.29, 0.717) is 24.4 Å². The van der Waals surface area contributed by atoms with Gasteiger partial charge < -0.3 is 15.1 Å². The van der Waals surface area contributed by atoms with Gasteiger partial charge in [-0.15, -0.1) is 5.06 Å². The monoisotopic (exact) mass is 517 g/mol. The first kappa shape index (κ1) is 28.1. The van der Waals surface area contributed by atoms with Crippen LogP contribution < -0.4 is 10.2 Å². The van der Waals surface area contributed by atoms with Gasteiger partial charge in [-0.3, -0.25) is 19.2 Å². The summed E-state index contributed by atoms with van der Waals surface area (Å²) < 4.78 is 0. The molecule has 2 aliphatic heterocycles. The normalized spacial score (nSPS) is 16.9. The van der Waals surface area contributed by atoms with Crippen LogP contribution in [0.3, 0.4) is 0 Å². The van der Waals surface area contributed by atoms with E-state index in [1.807, 2.05) is 43.3 Å². The van der Waals surface area contributed by atoms with E-state index in [1.54, 1.807) is 11.0 Å².